The molecule has 158 valence electrons. The van der Waals surface area contributed by atoms with E-state index in [0.29, 0.717) is 38.3 Å². The minimum absolute atomic E-state index is 0.0562. The molecule has 0 saturated carbocycles. The number of halogens is 2. The Morgan fingerprint density at radius 1 is 1.13 bits per heavy atom. The van der Waals surface area contributed by atoms with Gasteiger partial charge in [0, 0.05) is 23.6 Å². The van der Waals surface area contributed by atoms with Gasteiger partial charge < -0.3 is 4.90 Å². The molecule has 0 aliphatic carbocycles. The van der Waals surface area contributed by atoms with Gasteiger partial charge in [0.05, 0.1) is 22.3 Å². The van der Waals surface area contributed by atoms with Crippen molar-refractivity contribution in [3.63, 3.8) is 0 Å². The molecule has 2 heterocycles. The van der Waals surface area contributed by atoms with Crippen LogP contribution in [0.3, 0.4) is 0 Å². The van der Waals surface area contributed by atoms with Gasteiger partial charge in [0.1, 0.15) is 0 Å². The zero-order valence-corrected chi connectivity index (χ0v) is 19.6. The van der Waals surface area contributed by atoms with Gasteiger partial charge in [-0.25, -0.2) is 4.98 Å². The SMILES string of the molecule is CN(Cc1ccsc1)C(=O)CSc1nc2cc(Cl)ccc2c(=O)n1-c1ccc(Cl)cc1. The number of carbonyl (C=O) groups excluding carboxylic acids is 1. The summed E-state index contributed by atoms with van der Waals surface area (Å²) in [5.74, 6) is 0.0894. The fraction of sp³-hybridized carbons (Fsp3) is 0.136. The van der Waals surface area contributed by atoms with Crippen molar-refractivity contribution < 1.29 is 4.79 Å². The van der Waals surface area contributed by atoms with E-state index in [2.05, 4.69) is 4.98 Å². The van der Waals surface area contributed by atoms with Crippen LogP contribution < -0.4 is 5.56 Å². The fourth-order valence-corrected chi connectivity index (χ4v) is 4.94. The zero-order chi connectivity index (χ0) is 22.0. The third-order valence-electron chi connectivity index (χ3n) is 4.64. The van der Waals surface area contributed by atoms with E-state index in [1.165, 1.54) is 16.3 Å². The Bertz CT molecular complexity index is 1290. The molecule has 4 aromatic rings. The second-order valence-corrected chi connectivity index (χ2v) is 9.44. The molecule has 5 nitrogen and oxygen atoms in total. The van der Waals surface area contributed by atoms with Crippen LogP contribution in [0.2, 0.25) is 10.0 Å². The standard InChI is InChI=1S/C22H17Cl2N3O2S2/c1-26(11-14-8-9-30-12-14)20(28)13-31-22-25-19-10-16(24)4-7-18(19)21(29)27(22)17-5-2-15(23)3-6-17/h2-10,12H,11,13H2,1H3. The summed E-state index contributed by atoms with van der Waals surface area (Å²) in [7, 11) is 1.76. The van der Waals surface area contributed by atoms with E-state index in [1.807, 2.05) is 16.8 Å². The smallest absolute Gasteiger partial charge is 0.266 e. The van der Waals surface area contributed by atoms with Crippen molar-refractivity contribution in [2.75, 3.05) is 12.8 Å². The van der Waals surface area contributed by atoms with Crippen LogP contribution in [0.5, 0.6) is 0 Å². The Morgan fingerprint density at radius 2 is 1.87 bits per heavy atom. The number of carbonyl (C=O) groups is 1. The highest BCUT2D eigenvalue weighted by Gasteiger charge is 2.17. The summed E-state index contributed by atoms with van der Waals surface area (Å²) in [5, 5.41) is 5.92. The van der Waals surface area contributed by atoms with Crippen LogP contribution in [0, 0.1) is 0 Å². The quantitative estimate of drug-likeness (QED) is 0.264. The van der Waals surface area contributed by atoms with Crippen LogP contribution in [0.25, 0.3) is 16.6 Å². The number of amides is 1. The number of aromatic nitrogens is 2. The lowest BCUT2D eigenvalue weighted by Gasteiger charge is -2.17. The summed E-state index contributed by atoms with van der Waals surface area (Å²) in [6, 6.07) is 13.9. The zero-order valence-electron chi connectivity index (χ0n) is 16.4. The third-order valence-corrected chi connectivity index (χ3v) is 6.78. The highest BCUT2D eigenvalue weighted by molar-refractivity contribution is 7.99. The van der Waals surface area contributed by atoms with E-state index in [1.54, 1.807) is 65.7 Å². The summed E-state index contributed by atoms with van der Waals surface area (Å²) < 4.78 is 1.50. The molecule has 1 amide bonds. The molecule has 0 aliphatic rings. The predicted molar refractivity (Wildman–Crippen MR) is 129 cm³/mol. The molecule has 0 fully saturated rings. The van der Waals surface area contributed by atoms with E-state index >= 15 is 0 Å². The van der Waals surface area contributed by atoms with Crippen LogP contribution in [0.1, 0.15) is 5.56 Å². The molecule has 2 aromatic carbocycles. The maximum absolute atomic E-state index is 13.3. The Labute approximate surface area is 197 Å². The molecule has 0 atom stereocenters. The van der Waals surface area contributed by atoms with E-state index < -0.39 is 0 Å². The average molecular weight is 490 g/mol. The number of hydrogen-bond donors (Lipinski definition) is 0. The second-order valence-electron chi connectivity index (χ2n) is 6.84. The Balaban J connectivity index is 1.68. The Hall–Kier alpha value is -2.32. The summed E-state index contributed by atoms with van der Waals surface area (Å²) in [4.78, 5) is 32.3. The lowest BCUT2D eigenvalue weighted by molar-refractivity contribution is -0.127. The first kappa shape index (κ1) is 21.9. The number of hydrogen-bond acceptors (Lipinski definition) is 5. The third kappa shape index (κ3) is 4.96. The molecule has 0 radical (unpaired) electrons. The van der Waals surface area contributed by atoms with E-state index in [-0.39, 0.29) is 17.2 Å². The van der Waals surface area contributed by atoms with Crippen molar-refractivity contribution in [3.8, 4) is 5.69 Å². The van der Waals surface area contributed by atoms with Crippen molar-refractivity contribution >= 4 is 63.1 Å². The lowest BCUT2D eigenvalue weighted by Crippen LogP contribution is -2.28. The highest BCUT2D eigenvalue weighted by atomic mass is 35.5. The molecule has 0 unspecified atom stereocenters. The van der Waals surface area contributed by atoms with Crippen LogP contribution >= 0.6 is 46.3 Å². The van der Waals surface area contributed by atoms with Crippen molar-refractivity contribution in [3.05, 3.63) is 85.3 Å². The van der Waals surface area contributed by atoms with Crippen molar-refractivity contribution in [2.45, 2.75) is 11.7 Å². The number of fused-ring (bicyclic) bond motifs is 1. The van der Waals surface area contributed by atoms with Crippen LogP contribution in [0.15, 0.2) is 69.2 Å². The number of thiophene rings is 1. The maximum Gasteiger partial charge on any atom is 0.266 e. The number of rotatable bonds is 6. The van der Waals surface area contributed by atoms with Crippen molar-refractivity contribution in [1.82, 2.24) is 14.5 Å². The van der Waals surface area contributed by atoms with Gasteiger partial charge in [0.25, 0.3) is 5.56 Å². The monoisotopic (exact) mass is 489 g/mol. The average Bonchev–Trinajstić information content (AvgIpc) is 3.25. The van der Waals surface area contributed by atoms with Crippen LogP contribution in [0.4, 0.5) is 0 Å². The molecule has 0 saturated heterocycles. The fourth-order valence-electron chi connectivity index (χ4n) is 3.03. The molecule has 31 heavy (non-hydrogen) atoms. The number of nitrogens with zero attached hydrogens (tertiary/aromatic N) is 3. The largest absolute Gasteiger partial charge is 0.341 e. The second kappa shape index (κ2) is 9.44. The molecule has 0 spiro atoms. The first-order valence-electron chi connectivity index (χ1n) is 9.28. The first-order chi connectivity index (χ1) is 14.9. The minimum atomic E-state index is -0.231. The van der Waals surface area contributed by atoms with Crippen LogP contribution in [-0.4, -0.2) is 33.2 Å². The number of thioether (sulfide) groups is 1. The van der Waals surface area contributed by atoms with Gasteiger partial charge in [-0.2, -0.15) is 11.3 Å². The maximum atomic E-state index is 13.3. The Kier molecular flexibility index (Phi) is 6.67. The summed E-state index contributed by atoms with van der Waals surface area (Å²) in [6.07, 6.45) is 0. The van der Waals surface area contributed by atoms with Gasteiger partial charge in [-0.1, -0.05) is 35.0 Å². The summed E-state index contributed by atoms with van der Waals surface area (Å²) >= 11 is 14.9. The van der Waals surface area contributed by atoms with Gasteiger partial charge in [-0.05, 0) is 64.9 Å². The minimum Gasteiger partial charge on any atom is -0.341 e. The molecular formula is C22H17Cl2N3O2S2. The highest BCUT2D eigenvalue weighted by Crippen LogP contribution is 2.24. The van der Waals surface area contributed by atoms with Gasteiger partial charge in [0.2, 0.25) is 5.91 Å². The summed E-state index contributed by atoms with van der Waals surface area (Å²) in [5.41, 5.74) is 1.97. The lowest BCUT2D eigenvalue weighted by atomic mass is 10.2. The first-order valence-corrected chi connectivity index (χ1v) is 12.0. The molecule has 0 bridgehead atoms. The van der Waals surface area contributed by atoms with Crippen LogP contribution in [-0.2, 0) is 11.3 Å². The molecule has 9 heteroatoms. The normalized spacial score (nSPS) is 11.1. The van der Waals surface area contributed by atoms with Crippen molar-refractivity contribution in [1.29, 1.82) is 0 Å². The van der Waals surface area contributed by atoms with Gasteiger partial charge >= 0.3 is 0 Å². The van der Waals surface area contributed by atoms with E-state index in [0.717, 1.165) is 5.56 Å². The van der Waals surface area contributed by atoms with Gasteiger partial charge in [-0.15, -0.1) is 0 Å². The van der Waals surface area contributed by atoms with Crippen molar-refractivity contribution in [2.24, 2.45) is 0 Å². The van der Waals surface area contributed by atoms with E-state index in [4.69, 9.17) is 23.2 Å². The predicted octanol–water partition coefficient (Wildman–Crippen LogP) is 5.50. The topological polar surface area (TPSA) is 55.2 Å². The van der Waals surface area contributed by atoms with E-state index in [9.17, 15) is 9.59 Å². The number of benzene rings is 2. The Morgan fingerprint density at radius 3 is 2.58 bits per heavy atom. The van der Waals surface area contributed by atoms with Gasteiger partial charge in [0.15, 0.2) is 5.16 Å². The molecule has 2 aromatic heterocycles. The van der Waals surface area contributed by atoms with Gasteiger partial charge in [-0.3, -0.25) is 14.2 Å². The molecule has 0 N–H and O–H groups in total. The molecule has 0 aliphatic heterocycles. The summed E-state index contributed by atoms with van der Waals surface area (Å²) in [6.45, 7) is 0.535. The molecular weight excluding hydrogens is 473 g/mol. The molecule has 4 rings (SSSR count).